The molecule has 8 heteroatoms. The first-order chi connectivity index (χ1) is 11.8. The van der Waals surface area contributed by atoms with Crippen LogP contribution in [0.15, 0.2) is 11.6 Å². The molecule has 1 saturated heterocycles. The third-order valence-corrected chi connectivity index (χ3v) is 4.86. The van der Waals surface area contributed by atoms with Crippen molar-refractivity contribution in [3.8, 4) is 0 Å². The first-order valence-electron chi connectivity index (χ1n) is 8.81. The highest BCUT2D eigenvalue weighted by Gasteiger charge is 2.38. The van der Waals surface area contributed by atoms with Crippen LogP contribution in [0, 0.1) is 0 Å². The summed E-state index contributed by atoms with van der Waals surface area (Å²) in [6, 6.07) is -1.07. The Labute approximate surface area is 147 Å². The van der Waals surface area contributed by atoms with Crippen LogP contribution in [-0.4, -0.2) is 65.0 Å². The fourth-order valence-electron chi connectivity index (χ4n) is 3.66. The second-order valence-corrected chi connectivity index (χ2v) is 6.84. The van der Waals surface area contributed by atoms with Gasteiger partial charge in [0, 0.05) is 37.5 Å². The summed E-state index contributed by atoms with van der Waals surface area (Å²) in [4.78, 5) is 36.8. The molecule has 0 radical (unpaired) electrons. The van der Waals surface area contributed by atoms with E-state index in [1.807, 2.05) is 6.92 Å². The molecule has 8 nitrogen and oxygen atoms in total. The predicted octanol–water partition coefficient (Wildman–Crippen LogP) is -0.408. The number of aliphatic carboxylic acids is 1. The fourth-order valence-corrected chi connectivity index (χ4v) is 3.66. The van der Waals surface area contributed by atoms with Crippen LogP contribution in [0.4, 0.5) is 0 Å². The van der Waals surface area contributed by atoms with Crippen molar-refractivity contribution >= 4 is 17.8 Å². The Kier molecular flexibility index (Phi) is 6.55. The zero-order chi connectivity index (χ0) is 18.6. The van der Waals surface area contributed by atoms with Crippen molar-refractivity contribution in [2.45, 2.75) is 63.7 Å². The molecule has 1 aliphatic carbocycles. The molecule has 1 heterocycles. The second-order valence-electron chi connectivity index (χ2n) is 6.84. The molecule has 0 saturated carbocycles. The van der Waals surface area contributed by atoms with Gasteiger partial charge in [-0.05, 0) is 25.8 Å². The molecule has 0 aromatic rings. The summed E-state index contributed by atoms with van der Waals surface area (Å²) in [5.74, 6) is -1.16. The maximum absolute atomic E-state index is 11.7. The van der Waals surface area contributed by atoms with Gasteiger partial charge in [0.25, 0.3) is 0 Å². The van der Waals surface area contributed by atoms with Gasteiger partial charge in [-0.25, -0.2) is 4.79 Å². The van der Waals surface area contributed by atoms with Crippen LogP contribution in [0.5, 0.6) is 0 Å². The van der Waals surface area contributed by atoms with Crippen LogP contribution in [-0.2, 0) is 14.4 Å². The number of carbonyl (C=O) groups is 3. The molecule has 0 aromatic carbocycles. The smallest absolute Gasteiger partial charge is 0.331 e. The molecule has 140 valence electrons. The summed E-state index contributed by atoms with van der Waals surface area (Å²) < 4.78 is 0. The van der Waals surface area contributed by atoms with Crippen LogP contribution in [0.1, 0.15) is 39.5 Å². The lowest BCUT2D eigenvalue weighted by Crippen LogP contribution is -2.63. The number of hydrogen-bond acceptors (Lipinski definition) is 5. The van der Waals surface area contributed by atoms with E-state index in [1.165, 1.54) is 6.92 Å². The van der Waals surface area contributed by atoms with Crippen molar-refractivity contribution in [1.29, 1.82) is 0 Å². The summed E-state index contributed by atoms with van der Waals surface area (Å²) >= 11 is 0. The largest absolute Gasteiger partial charge is 0.478 e. The number of rotatable bonds is 5. The van der Waals surface area contributed by atoms with Crippen LogP contribution in [0.25, 0.3) is 0 Å². The molecule has 25 heavy (non-hydrogen) atoms. The van der Waals surface area contributed by atoms with Crippen LogP contribution in [0.3, 0.4) is 0 Å². The highest BCUT2D eigenvalue weighted by molar-refractivity contribution is 5.87. The molecular formula is C17H28N4O4. The van der Waals surface area contributed by atoms with E-state index >= 15 is 0 Å². The second kappa shape index (κ2) is 8.44. The predicted molar refractivity (Wildman–Crippen MR) is 92.7 cm³/mol. The highest BCUT2D eigenvalue weighted by Crippen LogP contribution is 2.25. The van der Waals surface area contributed by atoms with Crippen molar-refractivity contribution < 1.29 is 19.5 Å². The SMILES string of the molecule is CCC(=O)N[C@@H]1CCCN([C@@H]2C=C(C(=O)O)C[C@H](N)[C@H]2NC(C)=O)C1. The van der Waals surface area contributed by atoms with Crippen molar-refractivity contribution in [3.05, 3.63) is 11.6 Å². The average molecular weight is 352 g/mol. The number of likely N-dealkylation sites (tertiary alicyclic amines) is 1. The number of nitrogens with one attached hydrogen (secondary N) is 2. The first kappa shape index (κ1) is 19.4. The van der Waals surface area contributed by atoms with Gasteiger partial charge in [-0.2, -0.15) is 0 Å². The topological polar surface area (TPSA) is 125 Å². The fraction of sp³-hybridized carbons (Fsp3) is 0.706. The minimum absolute atomic E-state index is 0.00683. The number of nitrogens with zero attached hydrogens (tertiary/aromatic N) is 1. The highest BCUT2D eigenvalue weighted by atomic mass is 16.4. The van der Waals surface area contributed by atoms with Gasteiger partial charge < -0.3 is 21.5 Å². The maximum atomic E-state index is 11.7. The summed E-state index contributed by atoms with van der Waals surface area (Å²) in [7, 11) is 0. The molecule has 2 rings (SSSR count). The Morgan fingerprint density at radius 1 is 1.36 bits per heavy atom. The van der Waals surface area contributed by atoms with E-state index in [1.54, 1.807) is 6.08 Å². The van der Waals surface area contributed by atoms with Gasteiger partial charge in [-0.1, -0.05) is 13.0 Å². The van der Waals surface area contributed by atoms with E-state index in [4.69, 9.17) is 5.73 Å². The number of nitrogens with two attached hydrogens (primary N) is 1. The third kappa shape index (κ3) is 5.02. The monoisotopic (exact) mass is 352 g/mol. The van der Waals surface area contributed by atoms with Gasteiger partial charge in [0.05, 0.1) is 12.1 Å². The standard InChI is InChI=1S/C17H28N4O4/c1-3-15(23)20-12-5-4-6-21(9-12)14-8-11(17(24)25)7-13(18)16(14)19-10(2)22/h8,12-14,16H,3-7,9,18H2,1-2H3,(H,19,22)(H,20,23)(H,24,25)/t12-,13+,14-,16-/m1/s1. The van der Waals surface area contributed by atoms with Gasteiger partial charge in [0.15, 0.2) is 0 Å². The van der Waals surface area contributed by atoms with Gasteiger partial charge in [-0.15, -0.1) is 0 Å². The van der Waals surface area contributed by atoms with Crippen molar-refractivity contribution in [2.75, 3.05) is 13.1 Å². The van der Waals surface area contributed by atoms with E-state index in [-0.39, 0.29) is 41.9 Å². The first-order valence-corrected chi connectivity index (χ1v) is 8.81. The summed E-state index contributed by atoms with van der Waals surface area (Å²) in [6.45, 7) is 4.63. The number of hydrogen-bond donors (Lipinski definition) is 4. The maximum Gasteiger partial charge on any atom is 0.331 e. The Bertz CT molecular complexity index is 563. The van der Waals surface area contributed by atoms with E-state index in [2.05, 4.69) is 15.5 Å². The Morgan fingerprint density at radius 3 is 2.68 bits per heavy atom. The van der Waals surface area contributed by atoms with Gasteiger partial charge >= 0.3 is 5.97 Å². The number of amides is 2. The zero-order valence-corrected chi connectivity index (χ0v) is 14.8. The number of piperidine rings is 1. The lowest BCUT2D eigenvalue weighted by Gasteiger charge is -2.44. The molecule has 2 amide bonds. The van der Waals surface area contributed by atoms with E-state index < -0.39 is 12.0 Å². The number of carboxylic acid groups (broad SMARTS) is 1. The quantitative estimate of drug-likeness (QED) is 0.533. The number of carbonyl (C=O) groups excluding carboxylic acids is 2. The Hall–Kier alpha value is -1.93. The molecule has 2 aliphatic rings. The molecule has 1 fully saturated rings. The van der Waals surface area contributed by atoms with Gasteiger partial charge in [0.1, 0.15) is 0 Å². The minimum Gasteiger partial charge on any atom is -0.478 e. The molecule has 4 atom stereocenters. The van der Waals surface area contributed by atoms with Crippen molar-refractivity contribution in [3.63, 3.8) is 0 Å². The summed E-state index contributed by atoms with van der Waals surface area (Å²) in [6.07, 6.45) is 4.14. The molecule has 0 aromatic heterocycles. The lowest BCUT2D eigenvalue weighted by atomic mass is 9.85. The molecule has 0 bridgehead atoms. The Balaban J connectivity index is 2.20. The normalized spacial score (nSPS) is 30.3. The minimum atomic E-state index is -0.977. The molecule has 0 spiro atoms. The van der Waals surface area contributed by atoms with E-state index in [0.717, 1.165) is 19.4 Å². The average Bonchev–Trinajstić information content (AvgIpc) is 2.56. The van der Waals surface area contributed by atoms with Gasteiger partial charge in [0.2, 0.25) is 11.8 Å². The van der Waals surface area contributed by atoms with Crippen LogP contribution in [0.2, 0.25) is 0 Å². The summed E-state index contributed by atoms with van der Waals surface area (Å²) in [5, 5.41) is 15.2. The van der Waals surface area contributed by atoms with Gasteiger partial charge in [-0.3, -0.25) is 14.5 Å². The van der Waals surface area contributed by atoms with Crippen molar-refractivity contribution in [2.24, 2.45) is 5.73 Å². The van der Waals surface area contributed by atoms with Crippen LogP contribution >= 0.6 is 0 Å². The third-order valence-electron chi connectivity index (χ3n) is 4.86. The molecule has 1 aliphatic heterocycles. The van der Waals surface area contributed by atoms with Crippen LogP contribution < -0.4 is 16.4 Å². The lowest BCUT2D eigenvalue weighted by molar-refractivity contribution is -0.133. The number of carboxylic acids is 1. The zero-order valence-electron chi connectivity index (χ0n) is 14.8. The van der Waals surface area contributed by atoms with E-state index in [9.17, 15) is 19.5 Å². The molecular weight excluding hydrogens is 324 g/mol. The summed E-state index contributed by atoms with van der Waals surface area (Å²) in [5.41, 5.74) is 6.45. The van der Waals surface area contributed by atoms with Crippen molar-refractivity contribution in [1.82, 2.24) is 15.5 Å². The van der Waals surface area contributed by atoms with E-state index in [0.29, 0.717) is 13.0 Å². The Morgan fingerprint density at radius 2 is 2.08 bits per heavy atom. The molecule has 5 N–H and O–H groups in total. The molecule has 0 unspecified atom stereocenters.